The van der Waals surface area contributed by atoms with Crippen LogP contribution in [0.5, 0.6) is 0 Å². The van der Waals surface area contributed by atoms with Gasteiger partial charge >= 0.3 is 5.97 Å². The standard InChI is InChI=1S/C7H14O5S/c1-4-7(12-6(2)8)5-11-13(3,9)10/h7H,4-5H2,1-3H3. The van der Waals surface area contributed by atoms with Gasteiger partial charge in [0.1, 0.15) is 12.7 Å². The van der Waals surface area contributed by atoms with E-state index in [-0.39, 0.29) is 6.61 Å². The molecule has 0 aromatic carbocycles. The van der Waals surface area contributed by atoms with Crippen LogP contribution in [0.1, 0.15) is 20.3 Å². The highest BCUT2D eigenvalue weighted by atomic mass is 32.2. The van der Waals surface area contributed by atoms with Gasteiger partial charge in [0.2, 0.25) is 0 Å². The number of hydrogen-bond donors (Lipinski definition) is 0. The lowest BCUT2D eigenvalue weighted by Crippen LogP contribution is -2.23. The van der Waals surface area contributed by atoms with Gasteiger partial charge in [-0.05, 0) is 6.42 Å². The quantitative estimate of drug-likeness (QED) is 0.482. The zero-order chi connectivity index (χ0) is 10.5. The summed E-state index contributed by atoms with van der Waals surface area (Å²) >= 11 is 0. The van der Waals surface area contributed by atoms with E-state index in [0.717, 1.165) is 6.26 Å². The first-order chi connectivity index (χ1) is 5.85. The molecule has 13 heavy (non-hydrogen) atoms. The molecule has 1 atom stereocenters. The smallest absolute Gasteiger partial charge is 0.302 e. The Balaban J connectivity index is 3.93. The third kappa shape index (κ3) is 7.73. The van der Waals surface area contributed by atoms with Gasteiger partial charge < -0.3 is 4.74 Å². The van der Waals surface area contributed by atoms with E-state index >= 15 is 0 Å². The highest BCUT2D eigenvalue weighted by Gasteiger charge is 2.12. The van der Waals surface area contributed by atoms with Crippen LogP contribution in [0.3, 0.4) is 0 Å². The first-order valence-electron chi connectivity index (χ1n) is 3.86. The second kappa shape index (κ2) is 5.18. The van der Waals surface area contributed by atoms with Crippen LogP contribution in [-0.2, 0) is 23.8 Å². The summed E-state index contributed by atoms with van der Waals surface area (Å²) in [4.78, 5) is 10.5. The molecule has 0 radical (unpaired) electrons. The highest BCUT2D eigenvalue weighted by molar-refractivity contribution is 7.85. The molecule has 0 amide bonds. The summed E-state index contributed by atoms with van der Waals surface area (Å²) in [5, 5.41) is 0. The van der Waals surface area contributed by atoms with E-state index in [2.05, 4.69) is 4.18 Å². The molecule has 5 nitrogen and oxygen atoms in total. The lowest BCUT2D eigenvalue weighted by Gasteiger charge is -2.13. The van der Waals surface area contributed by atoms with Gasteiger partial charge in [0, 0.05) is 6.92 Å². The van der Waals surface area contributed by atoms with Crippen molar-refractivity contribution in [2.45, 2.75) is 26.4 Å². The lowest BCUT2D eigenvalue weighted by molar-refractivity contribution is -0.147. The molecule has 0 N–H and O–H groups in total. The largest absolute Gasteiger partial charge is 0.460 e. The van der Waals surface area contributed by atoms with Gasteiger partial charge in [0.15, 0.2) is 0 Å². The van der Waals surface area contributed by atoms with Crippen molar-refractivity contribution in [3.63, 3.8) is 0 Å². The summed E-state index contributed by atoms with van der Waals surface area (Å²) in [5.41, 5.74) is 0. The lowest BCUT2D eigenvalue weighted by atomic mass is 10.3. The molecule has 0 aliphatic rings. The molecule has 1 unspecified atom stereocenters. The summed E-state index contributed by atoms with van der Waals surface area (Å²) in [6.45, 7) is 2.93. The first-order valence-corrected chi connectivity index (χ1v) is 5.68. The molecular formula is C7H14O5S. The second-order valence-corrected chi connectivity index (χ2v) is 4.27. The fourth-order valence-corrected chi connectivity index (χ4v) is 1.07. The Labute approximate surface area is 78.2 Å². The maximum absolute atomic E-state index is 10.6. The molecule has 0 bridgehead atoms. The molecule has 0 rings (SSSR count). The van der Waals surface area contributed by atoms with Gasteiger partial charge in [-0.25, -0.2) is 0 Å². The molecule has 0 fully saturated rings. The zero-order valence-electron chi connectivity index (χ0n) is 7.94. The monoisotopic (exact) mass is 210 g/mol. The summed E-state index contributed by atoms with van der Waals surface area (Å²) < 4.78 is 30.4. The topological polar surface area (TPSA) is 69.7 Å². The van der Waals surface area contributed by atoms with Crippen LogP contribution in [0.25, 0.3) is 0 Å². The van der Waals surface area contributed by atoms with E-state index in [1.54, 1.807) is 6.92 Å². The fourth-order valence-electron chi connectivity index (χ4n) is 0.669. The van der Waals surface area contributed by atoms with Crippen LogP contribution >= 0.6 is 0 Å². The fraction of sp³-hybridized carbons (Fsp3) is 0.857. The van der Waals surface area contributed by atoms with E-state index < -0.39 is 22.2 Å². The number of carbonyl (C=O) groups is 1. The zero-order valence-corrected chi connectivity index (χ0v) is 8.76. The van der Waals surface area contributed by atoms with E-state index in [4.69, 9.17) is 4.74 Å². The van der Waals surface area contributed by atoms with Crippen molar-refractivity contribution < 1.29 is 22.1 Å². The summed E-state index contributed by atoms with van der Waals surface area (Å²) in [7, 11) is -3.46. The molecule has 0 aromatic heterocycles. The Bertz CT molecular complexity index is 256. The molecule has 6 heteroatoms. The predicted octanol–water partition coefficient (Wildman–Crippen LogP) is 0.304. The number of hydrogen-bond acceptors (Lipinski definition) is 5. The number of carbonyl (C=O) groups excluding carboxylic acids is 1. The second-order valence-electron chi connectivity index (χ2n) is 2.63. The Kier molecular flexibility index (Phi) is 4.94. The Morgan fingerprint density at radius 3 is 2.31 bits per heavy atom. The van der Waals surface area contributed by atoms with Crippen LogP contribution in [0.4, 0.5) is 0 Å². The Morgan fingerprint density at radius 2 is 2.00 bits per heavy atom. The van der Waals surface area contributed by atoms with Gasteiger partial charge in [0.05, 0.1) is 6.26 Å². The maximum atomic E-state index is 10.6. The third-order valence-corrected chi connectivity index (χ3v) is 1.82. The van der Waals surface area contributed by atoms with Crippen molar-refractivity contribution >= 4 is 16.1 Å². The van der Waals surface area contributed by atoms with E-state index in [0.29, 0.717) is 6.42 Å². The van der Waals surface area contributed by atoms with Crippen LogP contribution in [0, 0.1) is 0 Å². The van der Waals surface area contributed by atoms with Crippen LogP contribution < -0.4 is 0 Å². The minimum absolute atomic E-state index is 0.116. The van der Waals surface area contributed by atoms with Crippen LogP contribution in [0.15, 0.2) is 0 Å². The van der Waals surface area contributed by atoms with Crippen molar-refractivity contribution in [2.75, 3.05) is 12.9 Å². The molecule has 0 spiro atoms. The van der Waals surface area contributed by atoms with Gasteiger partial charge in [-0.2, -0.15) is 8.42 Å². The molecule has 78 valence electrons. The van der Waals surface area contributed by atoms with Gasteiger partial charge in [-0.3, -0.25) is 8.98 Å². The average molecular weight is 210 g/mol. The van der Waals surface area contributed by atoms with E-state index in [1.165, 1.54) is 6.92 Å². The molecule has 0 saturated carbocycles. The van der Waals surface area contributed by atoms with E-state index in [9.17, 15) is 13.2 Å². The molecule has 0 aromatic rings. The Hall–Kier alpha value is -0.620. The SMILES string of the molecule is CCC(COS(C)(=O)=O)OC(C)=O. The summed E-state index contributed by atoms with van der Waals surface area (Å²) in [5.74, 6) is -0.441. The van der Waals surface area contributed by atoms with Crippen molar-refractivity contribution in [3.05, 3.63) is 0 Å². The summed E-state index contributed by atoms with van der Waals surface area (Å²) in [6, 6.07) is 0. The first kappa shape index (κ1) is 12.4. The molecular weight excluding hydrogens is 196 g/mol. The van der Waals surface area contributed by atoms with Crippen molar-refractivity contribution in [2.24, 2.45) is 0 Å². The van der Waals surface area contributed by atoms with E-state index in [1.807, 2.05) is 0 Å². The summed E-state index contributed by atoms with van der Waals surface area (Å²) in [6.07, 6.45) is 0.981. The van der Waals surface area contributed by atoms with Crippen LogP contribution in [0.2, 0.25) is 0 Å². The minimum Gasteiger partial charge on any atom is -0.460 e. The molecule has 0 heterocycles. The molecule has 0 aliphatic heterocycles. The number of esters is 1. The minimum atomic E-state index is -3.46. The van der Waals surface area contributed by atoms with Crippen molar-refractivity contribution in [1.29, 1.82) is 0 Å². The van der Waals surface area contributed by atoms with Crippen molar-refractivity contribution in [3.8, 4) is 0 Å². The normalized spacial score (nSPS) is 13.8. The number of ether oxygens (including phenoxy) is 1. The van der Waals surface area contributed by atoms with Gasteiger partial charge in [0.25, 0.3) is 10.1 Å². The van der Waals surface area contributed by atoms with Crippen LogP contribution in [-0.4, -0.2) is 33.4 Å². The van der Waals surface area contributed by atoms with Gasteiger partial charge in [-0.15, -0.1) is 0 Å². The average Bonchev–Trinajstić information content (AvgIpc) is 1.95. The maximum Gasteiger partial charge on any atom is 0.302 e. The van der Waals surface area contributed by atoms with Gasteiger partial charge in [-0.1, -0.05) is 6.92 Å². The third-order valence-electron chi connectivity index (χ3n) is 1.26. The predicted molar refractivity (Wildman–Crippen MR) is 46.6 cm³/mol. The molecule has 0 saturated heterocycles. The Morgan fingerprint density at radius 1 is 1.46 bits per heavy atom. The molecule has 0 aliphatic carbocycles. The highest BCUT2D eigenvalue weighted by Crippen LogP contribution is 2.01. The number of rotatable bonds is 5. The van der Waals surface area contributed by atoms with Crippen molar-refractivity contribution in [1.82, 2.24) is 0 Å².